The van der Waals surface area contributed by atoms with Gasteiger partial charge in [-0.3, -0.25) is 4.90 Å². The zero-order chi connectivity index (χ0) is 14.7. The minimum absolute atomic E-state index is 0.0328. The summed E-state index contributed by atoms with van der Waals surface area (Å²) in [5.41, 5.74) is 2.31. The molecule has 6 heteroatoms. The van der Waals surface area contributed by atoms with Crippen LogP contribution in [0, 0.1) is 6.92 Å². The Labute approximate surface area is 132 Å². The number of nitrogens with one attached hydrogen (secondary N) is 1. The molecule has 3 rings (SSSR count). The Hall–Kier alpha value is -1.53. The number of amides is 2. The number of hydrogen-bond donors (Lipinski definition) is 1. The number of thiazole rings is 1. The second kappa shape index (κ2) is 6.49. The summed E-state index contributed by atoms with van der Waals surface area (Å²) >= 11 is 3.39. The van der Waals surface area contributed by atoms with E-state index in [2.05, 4.69) is 34.6 Å². The molecule has 1 aliphatic rings. The fraction of sp³-hybridized carbons (Fsp3) is 0.333. The van der Waals surface area contributed by atoms with Crippen molar-refractivity contribution in [1.29, 1.82) is 0 Å². The minimum Gasteiger partial charge on any atom is -0.338 e. The Morgan fingerprint density at radius 1 is 1.38 bits per heavy atom. The Morgan fingerprint density at radius 2 is 2.19 bits per heavy atom. The van der Waals surface area contributed by atoms with E-state index in [1.807, 2.05) is 13.0 Å². The van der Waals surface area contributed by atoms with Gasteiger partial charge in [-0.25, -0.2) is 9.78 Å². The van der Waals surface area contributed by atoms with Crippen LogP contribution in [0.2, 0.25) is 0 Å². The molecule has 1 aromatic carbocycles. The molecule has 1 aliphatic heterocycles. The topological polar surface area (TPSA) is 45.2 Å². The Morgan fingerprint density at radius 3 is 2.95 bits per heavy atom. The molecular formula is C15H17N3OS2. The first kappa shape index (κ1) is 14.4. The number of rotatable bonds is 4. The van der Waals surface area contributed by atoms with Crippen LogP contribution in [0.25, 0.3) is 0 Å². The maximum absolute atomic E-state index is 11.9. The van der Waals surface area contributed by atoms with E-state index in [1.165, 1.54) is 9.77 Å². The molecule has 0 radical (unpaired) electrons. The first-order chi connectivity index (χ1) is 10.2. The maximum atomic E-state index is 11.9. The number of nitrogens with zero attached hydrogens (tertiary/aromatic N) is 2. The van der Waals surface area contributed by atoms with Crippen LogP contribution < -0.4 is 10.2 Å². The van der Waals surface area contributed by atoms with E-state index in [-0.39, 0.29) is 6.03 Å². The normalized spacial score (nSPS) is 15.1. The summed E-state index contributed by atoms with van der Waals surface area (Å²) in [6.07, 6.45) is 0.969. The highest BCUT2D eigenvalue weighted by atomic mass is 32.2. The highest BCUT2D eigenvalue weighted by molar-refractivity contribution is 8.00. The summed E-state index contributed by atoms with van der Waals surface area (Å²) in [5.74, 6) is 0.926. The van der Waals surface area contributed by atoms with E-state index >= 15 is 0 Å². The van der Waals surface area contributed by atoms with E-state index in [9.17, 15) is 4.79 Å². The zero-order valence-electron chi connectivity index (χ0n) is 11.8. The molecule has 1 saturated heterocycles. The van der Waals surface area contributed by atoms with Gasteiger partial charge in [0.15, 0.2) is 5.13 Å². The molecule has 21 heavy (non-hydrogen) atoms. The summed E-state index contributed by atoms with van der Waals surface area (Å²) in [6.45, 7) is 3.52. The largest absolute Gasteiger partial charge is 0.338 e. The fourth-order valence-electron chi connectivity index (χ4n) is 2.15. The molecule has 0 aliphatic carbocycles. The van der Waals surface area contributed by atoms with Crippen LogP contribution >= 0.6 is 23.1 Å². The second-order valence-corrected chi connectivity index (χ2v) is 7.10. The number of aryl methyl sites for hydroxylation is 1. The predicted octanol–water partition coefficient (Wildman–Crippen LogP) is 3.66. The first-order valence-corrected chi connectivity index (χ1v) is 8.74. The van der Waals surface area contributed by atoms with Gasteiger partial charge in [-0.05, 0) is 18.9 Å². The number of carbonyl (C=O) groups is 1. The number of anilines is 1. The van der Waals surface area contributed by atoms with Gasteiger partial charge in [-0.15, -0.1) is 11.8 Å². The molecular weight excluding hydrogens is 302 g/mol. The van der Waals surface area contributed by atoms with Gasteiger partial charge in [-0.2, -0.15) is 0 Å². The molecule has 0 bridgehead atoms. The van der Waals surface area contributed by atoms with Gasteiger partial charge in [0.25, 0.3) is 0 Å². The Bertz CT molecular complexity index is 627. The fourth-order valence-corrected chi connectivity index (χ4v) is 4.36. The van der Waals surface area contributed by atoms with E-state index < -0.39 is 0 Å². The maximum Gasteiger partial charge on any atom is 0.323 e. The summed E-state index contributed by atoms with van der Waals surface area (Å²) in [7, 11) is 0. The Kier molecular flexibility index (Phi) is 4.45. The van der Waals surface area contributed by atoms with Gasteiger partial charge in [-0.1, -0.05) is 41.7 Å². The van der Waals surface area contributed by atoms with Crippen LogP contribution in [0.3, 0.4) is 0 Å². The third-order valence-corrected chi connectivity index (χ3v) is 5.88. The van der Waals surface area contributed by atoms with E-state index in [0.29, 0.717) is 0 Å². The number of hydrogen-bond acceptors (Lipinski definition) is 4. The standard InChI is InChI=1S/C15H17N3OS2/c1-11-13(20-10-12-6-3-2-4-7-12)21-15(17-11)18-9-5-8-16-14(18)19/h2-4,6-7H,5,8-10H2,1H3,(H,16,19). The summed E-state index contributed by atoms with van der Waals surface area (Å²) in [6, 6.07) is 10.4. The van der Waals surface area contributed by atoms with Crippen molar-refractivity contribution in [1.82, 2.24) is 10.3 Å². The number of carbonyl (C=O) groups excluding carboxylic acids is 1. The molecule has 2 aromatic rings. The van der Waals surface area contributed by atoms with Crippen LogP contribution in [-0.4, -0.2) is 24.1 Å². The monoisotopic (exact) mass is 319 g/mol. The van der Waals surface area contributed by atoms with Crippen LogP contribution in [0.4, 0.5) is 9.93 Å². The van der Waals surface area contributed by atoms with Crippen LogP contribution in [0.15, 0.2) is 34.5 Å². The molecule has 2 amide bonds. The van der Waals surface area contributed by atoms with Gasteiger partial charge in [0.2, 0.25) is 0 Å². The van der Waals surface area contributed by atoms with Gasteiger partial charge < -0.3 is 5.32 Å². The van der Waals surface area contributed by atoms with E-state index in [1.54, 1.807) is 28.0 Å². The van der Waals surface area contributed by atoms with Gasteiger partial charge in [0, 0.05) is 18.8 Å². The van der Waals surface area contributed by atoms with Crippen molar-refractivity contribution in [3.05, 3.63) is 41.6 Å². The summed E-state index contributed by atoms with van der Waals surface area (Å²) in [4.78, 5) is 18.2. The van der Waals surface area contributed by atoms with Crippen molar-refractivity contribution >= 4 is 34.3 Å². The minimum atomic E-state index is -0.0328. The molecule has 1 N–H and O–H groups in total. The molecule has 1 aromatic heterocycles. The SMILES string of the molecule is Cc1nc(N2CCCNC2=O)sc1SCc1ccccc1. The van der Waals surface area contributed by atoms with Crippen molar-refractivity contribution in [3.63, 3.8) is 0 Å². The van der Waals surface area contributed by atoms with Crippen molar-refractivity contribution in [2.45, 2.75) is 23.3 Å². The smallest absolute Gasteiger partial charge is 0.323 e. The third kappa shape index (κ3) is 3.39. The van der Waals surface area contributed by atoms with Gasteiger partial charge in [0.05, 0.1) is 9.90 Å². The molecule has 110 valence electrons. The molecule has 0 unspecified atom stereocenters. The average molecular weight is 319 g/mol. The molecule has 2 heterocycles. The van der Waals surface area contributed by atoms with Crippen molar-refractivity contribution in [3.8, 4) is 0 Å². The van der Waals surface area contributed by atoms with Crippen molar-refractivity contribution in [2.24, 2.45) is 0 Å². The second-order valence-electron chi connectivity index (χ2n) is 4.88. The third-order valence-electron chi connectivity index (χ3n) is 3.27. The number of aromatic nitrogens is 1. The number of benzene rings is 1. The average Bonchev–Trinajstić information content (AvgIpc) is 2.88. The number of urea groups is 1. The zero-order valence-corrected chi connectivity index (χ0v) is 13.5. The van der Waals surface area contributed by atoms with Crippen LogP contribution in [-0.2, 0) is 5.75 Å². The highest BCUT2D eigenvalue weighted by Crippen LogP contribution is 2.36. The van der Waals surface area contributed by atoms with Crippen LogP contribution in [0.1, 0.15) is 17.7 Å². The lowest BCUT2D eigenvalue weighted by Gasteiger charge is -2.24. The molecule has 1 fully saturated rings. The highest BCUT2D eigenvalue weighted by Gasteiger charge is 2.23. The molecule has 0 saturated carbocycles. The van der Waals surface area contributed by atoms with E-state index in [0.717, 1.165) is 36.1 Å². The number of thioether (sulfide) groups is 1. The van der Waals surface area contributed by atoms with E-state index in [4.69, 9.17) is 0 Å². The van der Waals surface area contributed by atoms with Crippen LogP contribution in [0.5, 0.6) is 0 Å². The predicted molar refractivity (Wildman–Crippen MR) is 88.2 cm³/mol. The lowest BCUT2D eigenvalue weighted by Crippen LogP contribution is -2.46. The van der Waals surface area contributed by atoms with Crippen molar-refractivity contribution in [2.75, 3.05) is 18.0 Å². The first-order valence-electron chi connectivity index (χ1n) is 6.93. The lowest BCUT2D eigenvalue weighted by atomic mass is 10.2. The Balaban J connectivity index is 1.71. The summed E-state index contributed by atoms with van der Waals surface area (Å²) < 4.78 is 1.19. The summed E-state index contributed by atoms with van der Waals surface area (Å²) in [5, 5.41) is 3.67. The molecule has 4 nitrogen and oxygen atoms in total. The van der Waals surface area contributed by atoms with Gasteiger partial charge in [0.1, 0.15) is 0 Å². The molecule has 0 spiro atoms. The molecule has 0 atom stereocenters. The lowest BCUT2D eigenvalue weighted by molar-refractivity contribution is 0.243. The van der Waals surface area contributed by atoms with Gasteiger partial charge >= 0.3 is 6.03 Å². The quantitative estimate of drug-likeness (QED) is 0.875. The van der Waals surface area contributed by atoms with Crippen molar-refractivity contribution < 1.29 is 4.79 Å².